The number of H-pyrrole nitrogens is 1. The fourth-order valence-electron chi connectivity index (χ4n) is 3.44. The zero-order valence-electron chi connectivity index (χ0n) is 14.8. The lowest BCUT2D eigenvalue weighted by molar-refractivity contribution is 0.0927. The molecule has 2 N–H and O–H groups in total. The molecule has 1 aromatic carbocycles. The van der Waals surface area contributed by atoms with Gasteiger partial charge in [-0.05, 0) is 49.6 Å². The van der Waals surface area contributed by atoms with Gasteiger partial charge in [-0.25, -0.2) is 0 Å². The number of carbonyl (C=O) groups excluding carboxylic acids is 1. The largest absolute Gasteiger partial charge is 0.497 e. The Morgan fingerprint density at radius 3 is 2.92 bits per heavy atom. The van der Waals surface area contributed by atoms with Crippen LogP contribution in [0.15, 0.2) is 36.5 Å². The van der Waals surface area contributed by atoms with Crippen molar-refractivity contribution >= 4 is 5.91 Å². The molecule has 134 valence electrons. The number of methoxy groups -OCH3 is 1. The maximum Gasteiger partial charge on any atom is 0.269 e. The maximum atomic E-state index is 12.6. The lowest BCUT2D eigenvalue weighted by atomic mass is 9.93. The smallest absolute Gasteiger partial charge is 0.269 e. The molecular weight excluding hydrogens is 330 g/mol. The monoisotopic (exact) mass is 351 g/mol. The van der Waals surface area contributed by atoms with Crippen LogP contribution in [0.5, 0.6) is 5.75 Å². The van der Waals surface area contributed by atoms with Crippen LogP contribution < -0.4 is 10.1 Å². The van der Waals surface area contributed by atoms with E-state index >= 15 is 0 Å². The number of nitrogens with one attached hydrogen (secondary N) is 2. The van der Waals surface area contributed by atoms with Gasteiger partial charge < -0.3 is 10.1 Å². The molecule has 7 heteroatoms. The van der Waals surface area contributed by atoms with Crippen molar-refractivity contribution in [1.29, 1.82) is 0 Å². The van der Waals surface area contributed by atoms with Gasteiger partial charge in [0, 0.05) is 23.9 Å². The molecule has 4 rings (SSSR count). The van der Waals surface area contributed by atoms with Crippen molar-refractivity contribution in [2.75, 3.05) is 7.11 Å². The van der Waals surface area contributed by atoms with Gasteiger partial charge in [-0.15, -0.1) is 0 Å². The van der Waals surface area contributed by atoms with Gasteiger partial charge in [0.25, 0.3) is 5.91 Å². The number of ether oxygens (including phenoxy) is 1. The summed E-state index contributed by atoms with van der Waals surface area (Å²) in [5, 5.41) is 14.5. The van der Waals surface area contributed by atoms with E-state index in [9.17, 15) is 4.79 Å². The number of aromatic amines is 1. The van der Waals surface area contributed by atoms with Gasteiger partial charge in [0.1, 0.15) is 11.4 Å². The minimum atomic E-state index is -0.154. The number of hydrogen-bond donors (Lipinski definition) is 2. The number of carbonyl (C=O) groups is 1. The van der Waals surface area contributed by atoms with Crippen LogP contribution in [0.3, 0.4) is 0 Å². The van der Waals surface area contributed by atoms with Crippen LogP contribution in [0.2, 0.25) is 0 Å². The molecule has 0 aliphatic heterocycles. The summed E-state index contributed by atoms with van der Waals surface area (Å²) in [6.45, 7) is 0. The van der Waals surface area contributed by atoms with Crippen LogP contribution in [-0.4, -0.2) is 33.0 Å². The third kappa shape index (κ3) is 2.96. The van der Waals surface area contributed by atoms with E-state index in [0.29, 0.717) is 5.69 Å². The summed E-state index contributed by atoms with van der Waals surface area (Å²) in [5.41, 5.74) is 4.41. The predicted molar refractivity (Wildman–Crippen MR) is 96.9 cm³/mol. The van der Waals surface area contributed by atoms with Gasteiger partial charge in [-0.2, -0.15) is 10.2 Å². The average Bonchev–Trinajstić information content (AvgIpc) is 3.30. The Hall–Kier alpha value is -3.09. The summed E-state index contributed by atoms with van der Waals surface area (Å²) in [5.74, 6) is 0.630. The molecule has 0 saturated carbocycles. The zero-order valence-corrected chi connectivity index (χ0v) is 14.8. The first-order valence-corrected chi connectivity index (χ1v) is 8.67. The third-order valence-corrected chi connectivity index (χ3v) is 4.89. The molecule has 1 aliphatic rings. The van der Waals surface area contributed by atoms with Gasteiger partial charge in [0.05, 0.1) is 25.0 Å². The lowest BCUT2D eigenvalue weighted by Crippen LogP contribution is -2.31. The molecule has 0 spiro atoms. The Labute approximate surface area is 151 Å². The first-order chi connectivity index (χ1) is 12.7. The normalized spacial score (nSPS) is 16.2. The Morgan fingerprint density at radius 1 is 1.35 bits per heavy atom. The number of hydrogen-bond acceptors (Lipinski definition) is 4. The lowest BCUT2D eigenvalue weighted by Gasteiger charge is -2.23. The highest BCUT2D eigenvalue weighted by molar-refractivity contribution is 5.93. The standard InChI is InChI=1S/C19H21N5O2/c1-24-18-5-3-4-15(14(18)11-20-24)21-19(25)17-10-16(22-23-17)12-6-8-13(26-2)9-7-12/h6-11,15H,3-5H2,1-2H3,(H,21,25)(H,22,23)/t15-/m1/s1. The molecule has 0 fully saturated rings. The van der Waals surface area contributed by atoms with Crippen LogP contribution in [0.25, 0.3) is 11.3 Å². The summed E-state index contributed by atoms with van der Waals surface area (Å²) < 4.78 is 7.06. The number of aromatic nitrogens is 4. The van der Waals surface area contributed by atoms with E-state index < -0.39 is 0 Å². The van der Waals surface area contributed by atoms with Crippen molar-refractivity contribution in [3.05, 3.63) is 53.5 Å². The van der Waals surface area contributed by atoms with Crippen LogP contribution in [0, 0.1) is 0 Å². The van der Waals surface area contributed by atoms with Gasteiger partial charge in [-0.1, -0.05) is 0 Å². The average molecular weight is 351 g/mol. The molecule has 1 atom stereocenters. The number of nitrogens with zero attached hydrogens (tertiary/aromatic N) is 3. The van der Waals surface area contributed by atoms with Gasteiger partial charge in [-0.3, -0.25) is 14.6 Å². The zero-order chi connectivity index (χ0) is 18.1. The van der Waals surface area contributed by atoms with E-state index in [1.54, 1.807) is 13.2 Å². The van der Waals surface area contributed by atoms with E-state index in [1.165, 1.54) is 5.69 Å². The Bertz CT molecular complexity index is 926. The number of fused-ring (bicyclic) bond motifs is 1. The van der Waals surface area contributed by atoms with Crippen molar-refractivity contribution in [3.63, 3.8) is 0 Å². The SMILES string of the molecule is COc1ccc(-c2cc(C(=O)N[C@@H]3CCCc4c3cnn4C)[nH]n2)cc1. The van der Waals surface area contributed by atoms with Crippen molar-refractivity contribution in [3.8, 4) is 17.0 Å². The summed E-state index contributed by atoms with van der Waals surface area (Å²) in [6, 6.07) is 9.34. The summed E-state index contributed by atoms with van der Waals surface area (Å²) in [4.78, 5) is 12.6. The van der Waals surface area contributed by atoms with Crippen LogP contribution >= 0.6 is 0 Å². The molecule has 7 nitrogen and oxygen atoms in total. The molecule has 2 aromatic heterocycles. The molecule has 2 heterocycles. The van der Waals surface area contributed by atoms with E-state index in [0.717, 1.165) is 41.8 Å². The number of aryl methyl sites for hydroxylation is 1. The molecular formula is C19H21N5O2. The number of benzene rings is 1. The second kappa shape index (κ2) is 6.67. The molecule has 0 unspecified atom stereocenters. The third-order valence-electron chi connectivity index (χ3n) is 4.89. The summed E-state index contributed by atoms with van der Waals surface area (Å²) >= 11 is 0. The van der Waals surface area contributed by atoms with Crippen molar-refractivity contribution in [2.45, 2.75) is 25.3 Å². The summed E-state index contributed by atoms with van der Waals surface area (Å²) in [7, 11) is 3.57. The van der Waals surface area contributed by atoms with E-state index in [1.807, 2.05) is 42.2 Å². The molecule has 3 aromatic rings. The quantitative estimate of drug-likeness (QED) is 0.757. The van der Waals surface area contributed by atoms with Crippen molar-refractivity contribution < 1.29 is 9.53 Å². The van der Waals surface area contributed by atoms with Crippen LogP contribution in [0.1, 0.15) is 40.6 Å². The molecule has 0 bridgehead atoms. The number of rotatable bonds is 4. The molecule has 0 saturated heterocycles. The highest BCUT2D eigenvalue weighted by atomic mass is 16.5. The minimum Gasteiger partial charge on any atom is -0.497 e. The molecule has 1 aliphatic carbocycles. The highest BCUT2D eigenvalue weighted by Gasteiger charge is 2.25. The highest BCUT2D eigenvalue weighted by Crippen LogP contribution is 2.29. The fraction of sp³-hybridized carbons (Fsp3) is 0.316. The van der Waals surface area contributed by atoms with Crippen LogP contribution in [0.4, 0.5) is 0 Å². The molecule has 1 amide bonds. The number of amides is 1. The second-order valence-corrected chi connectivity index (χ2v) is 6.48. The topological polar surface area (TPSA) is 84.8 Å². The van der Waals surface area contributed by atoms with Gasteiger partial charge in [0.15, 0.2) is 0 Å². The molecule has 26 heavy (non-hydrogen) atoms. The van der Waals surface area contributed by atoms with Gasteiger partial charge >= 0.3 is 0 Å². The van der Waals surface area contributed by atoms with E-state index in [-0.39, 0.29) is 11.9 Å². The van der Waals surface area contributed by atoms with Crippen molar-refractivity contribution in [1.82, 2.24) is 25.3 Å². The van der Waals surface area contributed by atoms with Crippen LogP contribution in [-0.2, 0) is 13.5 Å². The minimum absolute atomic E-state index is 0.00677. The maximum absolute atomic E-state index is 12.6. The molecule has 0 radical (unpaired) electrons. The first kappa shape index (κ1) is 16.4. The van der Waals surface area contributed by atoms with Gasteiger partial charge in [0.2, 0.25) is 0 Å². The first-order valence-electron chi connectivity index (χ1n) is 8.67. The van der Waals surface area contributed by atoms with E-state index in [4.69, 9.17) is 4.74 Å². The predicted octanol–water partition coefficient (Wildman–Crippen LogP) is 2.63. The fourth-order valence-corrected chi connectivity index (χ4v) is 3.44. The Balaban J connectivity index is 1.50. The second-order valence-electron chi connectivity index (χ2n) is 6.48. The Kier molecular flexibility index (Phi) is 4.20. The summed E-state index contributed by atoms with van der Waals surface area (Å²) in [6.07, 6.45) is 4.82. The van der Waals surface area contributed by atoms with Crippen molar-refractivity contribution in [2.24, 2.45) is 7.05 Å². The Morgan fingerprint density at radius 2 is 2.15 bits per heavy atom. The van der Waals surface area contributed by atoms with E-state index in [2.05, 4.69) is 20.6 Å².